The molecule has 31 heavy (non-hydrogen) atoms. The Labute approximate surface area is 187 Å². The van der Waals surface area contributed by atoms with Crippen molar-refractivity contribution in [1.82, 2.24) is 15.0 Å². The molecule has 1 aromatic rings. The molecule has 0 aliphatic heterocycles. The van der Waals surface area contributed by atoms with Gasteiger partial charge in [0.15, 0.2) is 5.78 Å². The summed E-state index contributed by atoms with van der Waals surface area (Å²) in [6, 6.07) is 0. The van der Waals surface area contributed by atoms with Crippen LogP contribution in [-0.4, -0.2) is 44.7 Å². The zero-order valence-electron chi connectivity index (χ0n) is 19.8. The van der Waals surface area contributed by atoms with E-state index in [1.165, 1.54) is 36.9 Å². The van der Waals surface area contributed by atoms with Gasteiger partial charge in [-0.1, -0.05) is 20.3 Å². The van der Waals surface area contributed by atoms with Gasteiger partial charge in [0.1, 0.15) is 6.54 Å². The monoisotopic (exact) mass is 431 g/mol. The van der Waals surface area contributed by atoms with Crippen molar-refractivity contribution in [3.05, 3.63) is 12.4 Å². The molecule has 0 bridgehead atoms. The van der Waals surface area contributed by atoms with Crippen LogP contribution in [0.25, 0.3) is 0 Å². The molecule has 8 atom stereocenters. The summed E-state index contributed by atoms with van der Waals surface area (Å²) in [6.45, 7) is 6.74. The molecule has 4 rings (SSSR count). The summed E-state index contributed by atoms with van der Waals surface area (Å²) in [5.41, 5.74) is -0.622. The first-order valence-electron chi connectivity index (χ1n) is 12.4. The lowest BCUT2D eigenvalue weighted by Gasteiger charge is -2.52. The lowest BCUT2D eigenvalue weighted by atomic mass is 9.53. The molecule has 0 saturated heterocycles. The first kappa shape index (κ1) is 22.9. The van der Waals surface area contributed by atoms with Crippen LogP contribution < -0.4 is 0 Å². The van der Waals surface area contributed by atoms with E-state index in [-0.39, 0.29) is 17.4 Å². The molecule has 3 aliphatic rings. The molecule has 3 fully saturated rings. The van der Waals surface area contributed by atoms with Gasteiger partial charge in [0.05, 0.1) is 24.1 Å². The molecular weight excluding hydrogens is 390 g/mol. The number of ether oxygens (including phenoxy) is 1. The minimum atomic E-state index is -0.754. The topological polar surface area (TPSA) is 77.2 Å². The summed E-state index contributed by atoms with van der Waals surface area (Å²) in [5, 5.41) is 19.3. The standard InChI is InChI=1S/C25H41N3O3/c1-5-23(31-4)25(3,30)15-17-6-7-19-18(14-17)10-11-24(2)20(19)8-9-21(24)22(29)16-28-26-12-13-27-28/h12-13,17-21,23,30H,5-11,14-16H2,1-4H3/t17-,18-,19-,20+,21-,23+,24+,25?/m1/s1. The van der Waals surface area contributed by atoms with Crippen LogP contribution in [0.5, 0.6) is 0 Å². The van der Waals surface area contributed by atoms with Gasteiger partial charge in [-0.05, 0) is 87.4 Å². The van der Waals surface area contributed by atoms with Gasteiger partial charge in [0, 0.05) is 13.0 Å². The van der Waals surface area contributed by atoms with Gasteiger partial charge in [-0.25, -0.2) is 0 Å². The van der Waals surface area contributed by atoms with E-state index in [0.717, 1.165) is 37.5 Å². The van der Waals surface area contributed by atoms with E-state index in [2.05, 4.69) is 24.0 Å². The number of carbonyl (C=O) groups excluding carboxylic acids is 1. The normalized spacial score (nSPS) is 38.2. The second-order valence-electron chi connectivity index (χ2n) is 11.1. The Morgan fingerprint density at radius 2 is 2.00 bits per heavy atom. The fourth-order valence-corrected chi connectivity index (χ4v) is 7.93. The zero-order chi connectivity index (χ0) is 22.2. The van der Waals surface area contributed by atoms with Crippen LogP contribution in [0.1, 0.15) is 78.6 Å². The zero-order valence-corrected chi connectivity index (χ0v) is 19.8. The minimum absolute atomic E-state index is 0.0919. The smallest absolute Gasteiger partial charge is 0.159 e. The second kappa shape index (κ2) is 8.93. The van der Waals surface area contributed by atoms with E-state index in [4.69, 9.17) is 4.74 Å². The van der Waals surface area contributed by atoms with Crippen molar-refractivity contribution in [3.63, 3.8) is 0 Å². The third-order valence-corrected chi connectivity index (χ3v) is 9.33. The van der Waals surface area contributed by atoms with Crippen LogP contribution in [0.2, 0.25) is 0 Å². The largest absolute Gasteiger partial charge is 0.387 e. The van der Waals surface area contributed by atoms with Crippen LogP contribution in [-0.2, 0) is 16.1 Å². The number of hydrogen-bond acceptors (Lipinski definition) is 5. The maximum absolute atomic E-state index is 13.1. The Kier molecular flexibility index (Phi) is 6.60. The molecule has 0 amide bonds. The molecule has 3 aliphatic carbocycles. The molecule has 0 spiro atoms. The highest BCUT2D eigenvalue weighted by molar-refractivity contribution is 5.81. The molecule has 1 aromatic heterocycles. The molecule has 0 aromatic carbocycles. The highest BCUT2D eigenvalue weighted by Gasteiger charge is 2.56. The average Bonchev–Trinajstić information content (AvgIpc) is 3.35. The predicted octanol–water partition coefficient (Wildman–Crippen LogP) is 4.27. The molecule has 6 heteroatoms. The van der Waals surface area contributed by atoms with Crippen molar-refractivity contribution >= 4 is 5.78 Å². The van der Waals surface area contributed by atoms with E-state index < -0.39 is 5.60 Å². The summed E-state index contributed by atoms with van der Waals surface area (Å²) < 4.78 is 5.56. The van der Waals surface area contributed by atoms with E-state index >= 15 is 0 Å². The average molecular weight is 432 g/mol. The number of Topliss-reactive ketones (excluding diaryl/α,β-unsaturated/α-hetero) is 1. The number of fused-ring (bicyclic) bond motifs is 3. The van der Waals surface area contributed by atoms with Crippen LogP contribution in [0.15, 0.2) is 12.4 Å². The van der Waals surface area contributed by atoms with Crippen molar-refractivity contribution in [1.29, 1.82) is 0 Å². The first-order chi connectivity index (χ1) is 14.8. The molecule has 1 heterocycles. The Morgan fingerprint density at radius 3 is 2.68 bits per heavy atom. The Morgan fingerprint density at radius 1 is 1.26 bits per heavy atom. The Hall–Kier alpha value is -1.27. The molecule has 0 radical (unpaired) electrons. The predicted molar refractivity (Wildman–Crippen MR) is 119 cm³/mol. The number of carbonyl (C=O) groups is 1. The highest BCUT2D eigenvalue weighted by atomic mass is 16.5. The summed E-state index contributed by atoms with van der Waals surface area (Å²) in [6.07, 6.45) is 13.1. The number of hydrogen-bond donors (Lipinski definition) is 1. The highest BCUT2D eigenvalue weighted by Crippen LogP contribution is 2.62. The van der Waals surface area contributed by atoms with Crippen molar-refractivity contribution in [3.8, 4) is 0 Å². The number of ketones is 1. The van der Waals surface area contributed by atoms with Gasteiger partial charge in [-0.15, -0.1) is 0 Å². The molecule has 174 valence electrons. The maximum Gasteiger partial charge on any atom is 0.159 e. The van der Waals surface area contributed by atoms with Crippen molar-refractivity contribution < 1.29 is 14.6 Å². The SMILES string of the molecule is CC[C@H](OC)C(C)(O)C[C@@H]1CC[C@@H]2[C@H](CC[C@]3(C)[C@@H](C(=O)Cn4nccn4)CC[C@@H]23)C1. The maximum atomic E-state index is 13.1. The lowest BCUT2D eigenvalue weighted by molar-refractivity contribution is -0.130. The molecule has 1 unspecified atom stereocenters. The summed E-state index contributed by atoms with van der Waals surface area (Å²) in [7, 11) is 1.71. The molecule has 6 nitrogen and oxygen atoms in total. The van der Waals surface area contributed by atoms with Gasteiger partial charge in [0.25, 0.3) is 0 Å². The van der Waals surface area contributed by atoms with E-state index in [1.54, 1.807) is 19.5 Å². The summed E-state index contributed by atoms with van der Waals surface area (Å²) in [5.74, 6) is 3.19. The van der Waals surface area contributed by atoms with Gasteiger partial charge in [-0.2, -0.15) is 15.0 Å². The molecule has 3 saturated carbocycles. The Balaban J connectivity index is 1.39. The fraction of sp³-hybridized carbons (Fsp3) is 0.880. The van der Waals surface area contributed by atoms with Crippen LogP contribution in [0.4, 0.5) is 0 Å². The number of aliphatic hydroxyl groups is 1. The van der Waals surface area contributed by atoms with Crippen molar-refractivity contribution in [2.45, 2.75) is 96.8 Å². The number of rotatable bonds is 8. The van der Waals surface area contributed by atoms with Crippen molar-refractivity contribution in [2.24, 2.45) is 35.0 Å². The van der Waals surface area contributed by atoms with Gasteiger partial charge < -0.3 is 9.84 Å². The minimum Gasteiger partial charge on any atom is -0.387 e. The van der Waals surface area contributed by atoms with Crippen LogP contribution >= 0.6 is 0 Å². The summed E-state index contributed by atoms with van der Waals surface area (Å²) >= 11 is 0. The van der Waals surface area contributed by atoms with Crippen molar-refractivity contribution in [2.75, 3.05) is 7.11 Å². The third-order valence-electron chi connectivity index (χ3n) is 9.33. The van der Waals surface area contributed by atoms with E-state index in [0.29, 0.717) is 24.2 Å². The molecule has 1 N–H and O–H groups in total. The first-order valence-corrected chi connectivity index (χ1v) is 12.4. The van der Waals surface area contributed by atoms with Gasteiger partial charge >= 0.3 is 0 Å². The van der Waals surface area contributed by atoms with E-state index in [9.17, 15) is 9.90 Å². The third kappa shape index (κ3) is 4.35. The fourth-order valence-electron chi connectivity index (χ4n) is 7.93. The second-order valence-corrected chi connectivity index (χ2v) is 11.1. The number of aromatic nitrogens is 3. The Bertz CT molecular complexity index is 745. The lowest BCUT2D eigenvalue weighted by Crippen LogP contribution is -2.47. The summed E-state index contributed by atoms with van der Waals surface area (Å²) in [4.78, 5) is 14.7. The van der Waals surface area contributed by atoms with Gasteiger partial charge in [0.2, 0.25) is 0 Å². The molecular formula is C25H41N3O3. The number of nitrogens with zero attached hydrogens (tertiary/aromatic N) is 3. The number of methoxy groups -OCH3 is 1. The quantitative estimate of drug-likeness (QED) is 0.665. The van der Waals surface area contributed by atoms with Gasteiger partial charge in [-0.3, -0.25) is 4.79 Å². The van der Waals surface area contributed by atoms with E-state index in [1.807, 2.05) is 6.92 Å². The van der Waals surface area contributed by atoms with Crippen LogP contribution in [0.3, 0.4) is 0 Å². The van der Waals surface area contributed by atoms with Crippen LogP contribution in [0, 0.1) is 35.0 Å².